The van der Waals surface area contributed by atoms with Crippen LogP contribution in [0.1, 0.15) is 10.4 Å². The maximum absolute atomic E-state index is 11.8. The Morgan fingerprint density at radius 3 is 2.05 bits per heavy atom. The van der Waals surface area contributed by atoms with E-state index in [1.165, 1.54) is 29.2 Å². The van der Waals surface area contributed by atoms with Gasteiger partial charge in [-0.3, -0.25) is 0 Å². The topological polar surface area (TPSA) is 66.8 Å². The Kier molecular flexibility index (Phi) is 6.45. The van der Waals surface area contributed by atoms with Gasteiger partial charge in [-0.05, 0) is 24.3 Å². The highest BCUT2D eigenvalue weighted by Crippen LogP contribution is 2.13. The predicted molar refractivity (Wildman–Crippen MR) is 72.4 cm³/mol. The second-order valence-electron chi connectivity index (χ2n) is 3.56. The lowest BCUT2D eigenvalue weighted by atomic mass is 10.2. The summed E-state index contributed by atoms with van der Waals surface area (Å²) in [7, 11) is 0. The Morgan fingerprint density at radius 1 is 1.11 bits per heavy atom. The highest BCUT2D eigenvalue weighted by molar-refractivity contribution is 6.18. The maximum atomic E-state index is 11.8. The van der Waals surface area contributed by atoms with Crippen molar-refractivity contribution in [1.29, 1.82) is 0 Å². The van der Waals surface area contributed by atoms with Gasteiger partial charge in [-0.2, -0.15) is 0 Å². The quantitative estimate of drug-likeness (QED) is 0.821. The first-order chi connectivity index (χ1) is 9.08. The highest BCUT2D eigenvalue weighted by atomic mass is 35.5. The Bertz CT molecular complexity index is 430. The standard InChI is InChI=1S/C12H13Cl2NO4/c13-5-7-15(8-6-14)12(18)19-10-3-1-9(2-4-10)11(16)17/h1-4H,5-8H2,(H,16,17). The van der Waals surface area contributed by atoms with Crippen LogP contribution in [0.3, 0.4) is 0 Å². The number of benzene rings is 1. The SMILES string of the molecule is O=C(O)c1ccc(OC(=O)N(CCCl)CCCl)cc1. The third kappa shape index (κ3) is 4.96. The smallest absolute Gasteiger partial charge is 0.415 e. The van der Waals surface area contributed by atoms with E-state index in [4.69, 9.17) is 33.0 Å². The number of nitrogens with zero attached hydrogens (tertiary/aromatic N) is 1. The molecule has 0 aliphatic rings. The van der Waals surface area contributed by atoms with Crippen LogP contribution in [0.15, 0.2) is 24.3 Å². The largest absolute Gasteiger partial charge is 0.478 e. The zero-order chi connectivity index (χ0) is 14.3. The Hall–Kier alpha value is -1.46. The van der Waals surface area contributed by atoms with Crippen molar-refractivity contribution < 1.29 is 19.4 Å². The van der Waals surface area contributed by atoms with Crippen LogP contribution in [0.25, 0.3) is 0 Å². The fourth-order valence-corrected chi connectivity index (χ4v) is 1.74. The van der Waals surface area contributed by atoms with Crippen LogP contribution < -0.4 is 4.74 Å². The van der Waals surface area contributed by atoms with E-state index in [0.29, 0.717) is 13.1 Å². The van der Waals surface area contributed by atoms with Gasteiger partial charge in [-0.15, -0.1) is 23.2 Å². The van der Waals surface area contributed by atoms with Gasteiger partial charge in [0.15, 0.2) is 0 Å². The van der Waals surface area contributed by atoms with Crippen LogP contribution in [0.5, 0.6) is 5.75 Å². The molecule has 1 aromatic rings. The van der Waals surface area contributed by atoms with E-state index in [0.717, 1.165) is 0 Å². The van der Waals surface area contributed by atoms with Crippen molar-refractivity contribution in [2.24, 2.45) is 0 Å². The molecule has 1 rings (SSSR count). The predicted octanol–water partition coefficient (Wildman–Crippen LogP) is 2.66. The van der Waals surface area contributed by atoms with Crippen LogP contribution in [-0.4, -0.2) is 46.9 Å². The first kappa shape index (κ1) is 15.6. The van der Waals surface area contributed by atoms with Crippen molar-refractivity contribution >= 4 is 35.3 Å². The molecule has 0 bridgehead atoms. The van der Waals surface area contributed by atoms with Crippen molar-refractivity contribution in [3.8, 4) is 5.75 Å². The number of carboxylic acid groups (broad SMARTS) is 1. The number of carbonyl (C=O) groups excluding carboxylic acids is 1. The average molecular weight is 306 g/mol. The van der Waals surface area contributed by atoms with Crippen molar-refractivity contribution in [2.75, 3.05) is 24.8 Å². The molecular weight excluding hydrogens is 293 g/mol. The lowest BCUT2D eigenvalue weighted by Crippen LogP contribution is -2.36. The van der Waals surface area contributed by atoms with Gasteiger partial charge in [0.2, 0.25) is 0 Å². The summed E-state index contributed by atoms with van der Waals surface area (Å²) in [4.78, 5) is 23.8. The number of rotatable bonds is 6. The van der Waals surface area contributed by atoms with E-state index in [9.17, 15) is 9.59 Å². The van der Waals surface area contributed by atoms with E-state index >= 15 is 0 Å². The number of halogens is 2. The number of amides is 1. The highest BCUT2D eigenvalue weighted by Gasteiger charge is 2.14. The lowest BCUT2D eigenvalue weighted by molar-refractivity contribution is 0.0697. The fourth-order valence-electron chi connectivity index (χ4n) is 1.33. The number of hydrogen-bond acceptors (Lipinski definition) is 3. The normalized spacial score (nSPS) is 10.0. The first-order valence-electron chi connectivity index (χ1n) is 5.50. The van der Waals surface area contributed by atoms with Gasteiger partial charge >= 0.3 is 12.1 Å². The van der Waals surface area contributed by atoms with Crippen molar-refractivity contribution in [3.05, 3.63) is 29.8 Å². The minimum absolute atomic E-state index is 0.123. The number of aromatic carboxylic acids is 1. The third-order valence-electron chi connectivity index (χ3n) is 2.27. The molecule has 1 N–H and O–H groups in total. The van der Waals surface area contributed by atoms with Gasteiger partial charge in [0.05, 0.1) is 5.56 Å². The number of hydrogen-bond donors (Lipinski definition) is 1. The molecule has 0 spiro atoms. The Balaban J connectivity index is 2.66. The molecule has 0 heterocycles. The molecule has 0 fully saturated rings. The Morgan fingerprint density at radius 2 is 1.63 bits per heavy atom. The van der Waals surface area contributed by atoms with Crippen LogP contribution in [-0.2, 0) is 0 Å². The Labute approximate surface area is 120 Å². The molecule has 0 aliphatic carbocycles. The molecule has 0 unspecified atom stereocenters. The number of carboxylic acids is 1. The summed E-state index contributed by atoms with van der Waals surface area (Å²) in [6.07, 6.45) is -0.565. The summed E-state index contributed by atoms with van der Waals surface area (Å²) < 4.78 is 5.09. The summed E-state index contributed by atoms with van der Waals surface area (Å²) in [5.74, 6) is -0.207. The van der Waals surface area contributed by atoms with E-state index in [-0.39, 0.29) is 23.1 Å². The summed E-state index contributed by atoms with van der Waals surface area (Å²) >= 11 is 11.2. The zero-order valence-electron chi connectivity index (χ0n) is 10.0. The molecule has 1 amide bonds. The minimum Gasteiger partial charge on any atom is -0.478 e. The molecule has 0 atom stereocenters. The van der Waals surface area contributed by atoms with Crippen LogP contribution in [0.2, 0.25) is 0 Å². The summed E-state index contributed by atoms with van der Waals surface area (Å²) in [6.45, 7) is 0.667. The minimum atomic E-state index is -1.04. The molecule has 0 saturated heterocycles. The van der Waals surface area contributed by atoms with Gasteiger partial charge in [0.25, 0.3) is 0 Å². The van der Waals surface area contributed by atoms with Gasteiger partial charge in [0, 0.05) is 24.8 Å². The lowest BCUT2D eigenvalue weighted by Gasteiger charge is -2.19. The molecule has 0 saturated carbocycles. The number of ether oxygens (including phenoxy) is 1. The molecule has 0 radical (unpaired) electrons. The summed E-state index contributed by atoms with van der Waals surface area (Å²) in [5.41, 5.74) is 0.123. The fraction of sp³-hybridized carbons (Fsp3) is 0.333. The average Bonchev–Trinajstić information content (AvgIpc) is 2.39. The van der Waals surface area contributed by atoms with Gasteiger partial charge < -0.3 is 14.7 Å². The van der Waals surface area contributed by atoms with Crippen molar-refractivity contribution in [3.63, 3.8) is 0 Å². The molecular formula is C12H13Cl2NO4. The van der Waals surface area contributed by atoms with Crippen LogP contribution in [0, 0.1) is 0 Å². The van der Waals surface area contributed by atoms with Crippen molar-refractivity contribution in [1.82, 2.24) is 4.90 Å². The molecule has 7 heteroatoms. The van der Waals surface area contributed by atoms with E-state index < -0.39 is 12.1 Å². The van der Waals surface area contributed by atoms with Gasteiger partial charge in [-0.1, -0.05) is 0 Å². The monoisotopic (exact) mass is 305 g/mol. The second-order valence-corrected chi connectivity index (χ2v) is 4.32. The molecule has 104 valence electrons. The molecule has 0 aliphatic heterocycles. The second kappa shape index (κ2) is 7.86. The summed E-state index contributed by atoms with van der Waals surface area (Å²) in [5, 5.41) is 8.74. The molecule has 5 nitrogen and oxygen atoms in total. The van der Waals surface area contributed by atoms with Crippen LogP contribution >= 0.6 is 23.2 Å². The first-order valence-corrected chi connectivity index (χ1v) is 6.57. The van der Waals surface area contributed by atoms with Crippen molar-refractivity contribution in [2.45, 2.75) is 0 Å². The molecule has 19 heavy (non-hydrogen) atoms. The van der Waals surface area contributed by atoms with Gasteiger partial charge in [-0.25, -0.2) is 9.59 Å². The third-order valence-corrected chi connectivity index (χ3v) is 2.61. The number of carbonyl (C=O) groups is 2. The maximum Gasteiger partial charge on any atom is 0.415 e. The molecule has 1 aromatic carbocycles. The van der Waals surface area contributed by atoms with Crippen LogP contribution in [0.4, 0.5) is 4.79 Å². The number of alkyl halides is 2. The summed E-state index contributed by atoms with van der Waals surface area (Å²) in [6, 6.07) is 5.55. The van der Waals surface area contributed by atoms with E-state index in [1.54, 1.807) is 0 Å². The zero-order valence-corrected chi connectivity index (χ0v) is 11.5. The van der Waals surface area contributed by atoms with E-state index in [1.807, 2.05) is 0 Å². The van der Waals surface area contributed by atoms with E-state index in [2.05, 4.69) is 0 Å². The molecule has 0 aromatic heterocycles. The van der Waals surface area contributed by atoms with Gasteiger partial charge in [0.1, 0.15) is 5.75 Å².